The summed E-state index contributed by atoms with van der Waals surface area (Å²) in [6.45, 7) is 0. The van der Waals surface area contributed by atoms with E-state index in [0.29, 0.717) is 21.3 Å². The summed E-state index contributed by atoms with van der Waals surface area (Å²) < 4.78 is 8.37. The van der Waals surface area contributed by atoms with Crippen molar-refractivity contribution < 1.29 is 4.74 Å². The lowest BCUT2D eigenvalue weighted by molar-refractivity contribution is 0.399. The minimum atomic E-state index is 0.531. The summed E-state index contributed by atoms with van der Waals surface area (Å²) in [5, 5.41) is 0.613. The van der Waals surface area contributed by atoms with E-state index in [-0.39, 0.29) is 0 Å². The number of hydrogen-bond acceptors (Lipinski definition) is 3. The van der Waals surface area contributed by atoms with Crippen LogP contribution in [-0.4, -0.2) is 21.6 Å². The number of imidazole rings is 1. The van der Waals surface area contributed by atoms with Gasteiger partial charge in [0.15, 0.2) is 10.4 Å². The van der Waals surface area contributed by atoms with E-state index in [0.717, 1.165) is 15.7 Å². The van der Waals surface area contributed by atoms with Gasteiger partial charge in [-0.2, -0.15) is 4.98 Å². The fourth-order valence-electron chi connectivity index (χ4n) is 1.94. The van der Waals surface area contributed by atoms with Crippen molar-refractivity contribution in [2.45, 2.75) is 0 Å². The molecule has 1 aromatic carbocycles. The zero-order valence-electron chi connectivity index (χ0n) is 10.4. The van der Waals surface area contributed by atoms with Gasteiger partial charge in [0.1, 0.15) is 0 Å². The Labute approximate surface area is 133 Å². The van der Waals surface area contributed by atoms with Gasteiger partial charge in [-0.15, -0.1) is 0 Å². The van der Waals surface area contributed by atoms with Gasteiger partial charge in [0.2, 0.25) is 5.88 Å². The quantitative estimate of drug-likeness (QED) is 0.675. The normalized spacial score (nSPS) is 10.9. The average molecular weight is 371 g/mol. The Morgan fingerprint density at radius 2 is 2.15 bits per heavy atom. The van der Waals surface area contributed by atoms with Gasteiger partial charge in [0.05, 0.1) is 23.3 Å². The summed E-state index contributed by atoms with van der Waals surface area (Å²) in [5.74, 6) is 0.531. The summed E-state index contributed by atoms with van der Waals surface area (Å²) in [6.07, 6.45) is 0. The summed E-state index contributed by atoms with van der Waals surface area (Å²) in [7, 11) is 1.58. The number of pyridine rings is 1. The van der Waals surface area contributed by atoms with Crippen molar-refractivity contribution >= 4 is 50.9 Å². The van der Waals surface area contributed by atoms with Crippen molar-refractivity contribution in [3.05, 3.63) is 44.6 Å². The monoisotopic (exact) mass is 369 g/mol. The number of hydrogen-bond donors (Lipinski definition) is 1. The standard InChI is InChI=1S/C13H9BrClN3OS/c1-19-11-5-4-10-12(17-11)18(13(20)16-10)7-2-3-8(14)9(15)6-7/h2-6H,1H3,(H,16,20). The molecule has 0 aliphatic carbocycles. The molecule has 0 fully saturated rings. The second-order valence-corrected chi connectivity index (χ2v) is 5.74. The Kier molecular flexibility index (Phi) is 3.54. The van der Waals surface area contributed by atoms with Crippen LogP contribution in [-0.2, 0) is 0 Å². The lowest BCUT2D eigenvalue weighted by Crippen LogP contribution is -1.97. The van der Waals surface area contributed by atoms with Gasteiger partial charge in [-0.3, -0.25) is 4.57 Å². The fraction of sp³-hybridized carbons (Fsp3) is 0.0769. The highest BCUT2D eigenvalue weighted by atomic mass is 79.9. The van der Waals surface area contributed by atoms with E-state index in [1.807, 2.05) is 28.8 Å². The number of H-pyrrole nitrogens is 1. The minimum absolute atomic E-state index is 0.531. The van der Waals surface area contributed by atoms with Crippen LogP contribution in [0.4, 0.5) is 0 Å². The number of nitrogens with zero attached hydrogens (tertiary/aromatic N) is 2. The van der Waals surface area contributed by atoms with Gasteiger partial charge in [0, 0.05) is 10.5 Å². The second-order valence-electron chi connectivity index (χ2n) is 4.09. The summed E-state index contributed by atoms with van der Waals surface area (Å²) in [5.41, 5.74) is 2.39. The number of fused-ring (bicyclic) bond motifs is 1. The molecule has 3 rings (SSSR count). The number of halogens is 2. The SMILES string of the molecule is COc1ccc2[nH]c(=S)n(-c3ccc(Br)c(Cl)c3)c2n1. The Bertz CT molecular complexity index is 858. The number of methoxy groups -OCH3 is 1. The van der Waals surface area contributed by atoms with Crippen LogP contribution in [0.5, 0.6) is 5.88 Å². The van der Waals surface area contributed by atoms with Gasteiger partial charge in [-0.1, -0.05) is 11.6 Å². The van der Waals surface area contributed by atoms with E-state index in [9.17, 15) is 0 Å². The first-order valence-corrected chi connectivity index (χ1v) is 7.29. The molecular weight excluding hydrogens is 362 g/mol. The number of aromatic nitrogens is 3. The van der Waals surface area contributed by atoms with E-state index < -0.39 is 0 Å². The molecule has 0 radical (unpaired) electrons. The van der Waals surface area contributed by atoms with Crippen LogP contribution in [0.3, 0.4) is 0 Å². The van der Waals surface area contributed by atoms with Crippen molar-refractivity contribution in [1.29, 1.82) is 0 Å². The Morgan fingerprint density at radius 3 is 2.85 bits per heavy atom. The van der Waals surface area contributed by atoms with Gasteiger partial charge < -0.3 is 9.72 Å². The molecule has 4 nitrogen and oxygen atoms in total. The van der Waals surface area contributed by atoms with Crippen molar-refractivity contribution in [2.24, 2.45) is 0 Å². The van der Waals surface area contributed by atoms with E-state index in [2.05, 4.69) is 25.9 Å². The maximum atomic E-state index is 6.14. The zero-order valence-corrected chi connectivity index (χ0v) is 13.5. The zero-order chi connectivity index (χ0) is 14.3. The van der Waals surface area contributed by atoms with Crippen LogP contribution in [0.25, 0.3) is 16.9 Å². The van der Waals surface area contributed by atoms with Crippen LogP contribution < -0.4 is 4.74 Å². The molecule has 0 aliphatic rings. The summed E-state index contributed by atoms with van der Waals surface area (Å²) >= 11 is 14.9. The van der Waals surface area contributed by atoms with E-state index in [1.54, 1.807) is 13.2 Å². The largest absolute Gasteiger partial charge is 0.481 e. The van der Waals surface area contributed by atoms with Crippen LogP contribution in [0, 0.1) is 4.77 Å². The highest BCUT2D eigenvalue weighted by Gasteiger charge is 2.10. The van der Waals surface area contributed by atoms with Crippen molar-refractivity contribution in [3.63, 3.8) is 0 Å². The second kappa shape index (κ2) is 5.20. The predicted molar refractivity (Wildman–Crippen MR) is 85.5 cm³/mol. The molecule has 3 aromatic rings. The topological polar surface area (TPSA) is 42.8 Å². The molecule has 0 unspecified atom stereocenters. The first-order valence-electron chi connectivity index (χ1n) is 5.71. The van der Waals surface area contributed by atoms with E-state index in [4.69, 9.17) is 28.6 Å². The lowest BCUT2D eigenvalue weighted by Gasteiger charge is -2.06. The molecule has 0 bridgehead atoms. The minimum Gasteiger partial charge on any atom is -0.481 e. The Balaban J connectivity index is 2.31. The molecule has 0 saturated carbocycles. The van der Waals surface area contributed by atoms with Crippen molar-refractivity contribution in [2.75, 3.05) is 7.11 Å². The maximum absolute atomic E-state index is 6.14. The van der Waals surface area contributed by atoms with Gasteiger partial charge in [0.25, 0.3) is 0 Å². The number of benzene rings is 1. The smallest absolute Gasteiger partial charge is 0.215 e. The fourth-order valence-corrected chi connectivity index (χ4v) is 2.67. The molecule has 2 aromatic heterocycles. The third kappa shape index (κ3) is 2.24. The Hall–Kier alpha value is -1.37. The molecule has 0 saturated heterocycles. The molecule has 7 heteroatoms. The average Bonchev–Trinajstić information content (AvgIpc) is 2.77. The molecule has 1 N–H and O–H groups in total. The summed E-state index contributed by atoms with van der Waals surface area (Å²) in [6, 6.07) is 9.29. The molecule has 0 spiro atoms. The van der Waals surface area contributed by atoms with Gasteiger partial charge in [-0.05, 0) is 52.4 Å². The van der Waals surface area contributed by atoms with Crippen LogP contribution in [0.15, 0.2) is 34.8 Å². The van der Waals surface area contributed by atoms with Crippen molar-refractivity contribution in [1.82, 2.24) is 14.5 Å². The van der Waals surface area contributed by atoms with Gasteiger partial charge >= 0.3 is 0 Å². The third-order valence-electron chi connectivity index (χ3n) is 2.88. The van der Waals surface area contributed by atoms with E-state index in [1.165, 1.54) is 0 Å². The molecular formula is C13H9BrClN3OS. The van der Waals surface area contributed by atoms with Crippen LogP contribution in [0.2, 0.25) is 5.02 Å². The predicted octanol–water partition coefficient (Wildman–Crippen LogP) is 4.51. The third-order valence-corrected chi connectivity index (χ3v) is 4.39. The highest BCUT2D eigenvalue weighted by Crippen LogP contribution is 2.27. The van der Waals surface area contributed by atoms with Gasteiger partial charge in [-0.25, -0.2) is 0 Å². The molecule has 0 aliphatic heterocycles. The molecule has 0 amide bonds. The first kappa shape index (κ1) is 13.6. The number of rotatable bonds is 2. The highest BCUT2D eigenvalue weighted by molar-refractivity contribution is 9.10. The maximum Gasteiger partial charge on any atom is 0.215 e. The summed E-state index contributed by atoms with van der Waals surface area (Å²) in [4.78, 5) is 7.55. The Morgan fingerprint density at radius 1 is 1.35 bits per heavy atom. The van der Waals surface area contributed by atoms with Crippen LogP contribution in [0.1, 0.15) is 0 Å². The van der Waals surface area contributed by atoms with Crippen LogP contribution >= 0.6 is 39.7 Å². The molecule has 20 heavy (non-hydrogen) atoms. The number of nitrogens with one attached hydrogen (secondary N) is 1. The molecule has 0 atom stereocenters. The first-order chi connectivity index (χ1) is 9.60. The molecule has 2 heterocycles. The lowest BCUT2D eigenvalue weighted by atomic mass is 10.3. The molecule has 102 valence electrons. The van der Waals surface area contributed by atoms with Crippen molar-refractivity contribution in [3.8, 4) is 11.6 Å². The number of ether oxygens (including phenoxy) is 1. The number of aromatic amines is 1. The van der Waals surface area contributed by atoms with E-state index >= 15 is 0 Å².